The molecule has 0 heterocycles. The van der Waals surface area contributed by atoms with Crippen LogP contribution in [-0.2, 0) is 16.6 Å². The summed E-state index contributed by atoms with van der Waals surface area (Å²) in [5.41, 5.74) is 2.08. The van der Waals surface area contributed by atoms with Gasteiger partial charge in [-0.2, -0.15) is 0 Å². The van der Waals surface area contributed by atoms with Gasteiger partial charge in [0.2, 0.25) is 5.91 Å². The molecule has 0 radical (unpaired) electrons. The van der Waals surface area contributed by atoms with E-state index in [1.807, 2.05) is 19.1 Å². The van der Waals surface area contributed by atoms with Crippen LogP contribution in [0.2, 0.25) is 0 Å². The maximum absolute atomic E-state index is 12.6. The van der Waals surface area contributed by atoms with Crippen LogP contribution in [0.1, 0.15) is 44.2 Å². The minimum atomic E-state index is -0.409. The number of hydrogen-bond donors (Lipinski definition) is 2. The summed E-state index contributed by atoms with van der Waals surface area (Å²) in [6.07, 6.45) is 3.77. The van der Waals surface area contributed by atoms with Crippen molar-refractivity contribution in [3.63, 3.8) is 0 Å². The van der Waals surface area contributed by atoms with Crippen molar-refractivity contribution < 1.29 is 9.90 Å². The normalized spacial score (nSPS) is 22.9. The number of rotatable bonds is 5. The largest absolute Gasteiger partial charge is 0.396 e. The van der Waals surface area contributed by atoms with Crippen LogP contribution in [0.4, 0.5) is 0 Å². The zero-order valence-corrected chi connectivity index (χ0v) is 12.5. The number of amides is 1. The van der Waals surface area contributed by atoms with Gasteiger partial charge in [-0.05, 0) is 49.7 Å². The zero-order valence-electron chi connectivity index (χ0n) is 12.5. The average Bonchev–Trinajstić information content (AvgIpc) is 2.45. The second-order valence-electron chi connectivity index (χ2n) is 6.17. The van der Waals surface area contributed by atoms with E-state index in [1.165, 1.54) is 11.1 Å². The van der Waals surface area contributed by atoms with Crippen molar-refractivity contribution in [2.45, 2.75) is 44.9 Å². The SMILES string of the molecule is CC(CCO)CNC(=O)C1(C)CCCc2ccccc21. The summed E-state index contributed by atoms with van der Waals surface area (Å²) in [4.78, 5) is 12.6. The summed E-state index contributed by atoms with van der Waals surface area (Å²) in [6.45, 7) is 4.92. The average molecular weight is 275 g/mol. The Morgan fingerprint density at radius 2 is 2.20 bits per heavy atom. The Labute approximate surface area is 121 Å². The third-order valence-electron chi connectivity index (χ3n) is 4.47. The van der Waals surface area contributed by atoms with E-state index in [0.717, 1.165) is 25.7 Å². The Balaban J connectivity index is 2.09. The molecule has 1 aliphatic carbocycles. The number of benzene rings is 1. The molecule has 0 spiro atoms. The fourth-order valence-corrected chi connectivity index (χ4v) is 3.06. The minimum absolute atomic E-state index is 0.120. The highest BCUT2D eigenvalue weighted by Gasteiger charge is 2.38. The first kappa shape index (κ1) is 15.0. The van der Waals surface area contributed by atoms with E-state index in [1.54, 1.807) is 0 Å². The molecule has 2 N–H and O–H groups in total. The van der Waals surface area contributed by atoms with Crippen LogP contribution in [0.15, 0.2) is 24.3 Å². The first-order valence-corrected chi connectivity index (χ1v) is 7.55. The minimum Gasteiger partial charge on any atom is -0.396 e. The predicted octanol–water partition coefficient (Wildman–Crippen LogP) is 2.42. The lowest BCUT2D eigenvalue weighted by molar-refractivity contribution is -0.127. The van der Waals surface area contributed by atoms with Gasteiger partial charge in [0.25, 0.3) is 0 Å². The number of carbonyl (C=O) groups excluding carboxylic acids is 1. The Hall–Kier alpha value is -1.35. The molecule has 2 atom stereocenters. The molecule has 3 heteroatoms. The molecular weight excluding hydrogens is 250 g/mol. The molecule has 1 aliphatic rings. The summed E-state index contributed by atoms with van der Waals surface area (Å²) in [7, 11) is 0. The lowest BCUT2D eigenvalue weighted by Gasteiger charge is -2.35. The number of fused-ring (bicyclic) bond motifs is 1. The quantitative estimate of drug-likeness (QED) is 0.867. The molecule has 2 unspecified atom stereocenters. The maximum Gasteiger partial charge on any atom is 0.230 e. The Kier molecular flexibility index (Phi) is 4.81. The second-order valence-corrected chi connectivity index (χ2v) is 6.17. The number of aliphatic hydroxyl groups is 1. The van der Waals surface area contributed by atoms with E-state index in [9.17, 15) is 4.79 Å². The molecule has 1 amide bonds. The molecule has 0 fully saturated rings. The fraction of sp³-hybridized carbons (Fsp3) is 0.588. The van der Waals surface area contributed by atoms with Gasteiger partial charge < -0.3 is 10.4 Å². The van der Waals surface area contributed by atoms with Gasteiger partial charge in [0, 0.05) is 13.2 Å². The molecule has 0 aliphatic heterocycles. The Morgan fingerprint density at radius 3 is 2.95 bits per heavy atom. The van der Waals surface area contributed by atoms with Crippen LogP contribution in [0.3, 0.4) is 0 Å². The molecule has 0 bridgehead atoms. The Morgan fingerprint density at radius 1 is 1.45 bits per heavy atom. The van der Waals surface area contributed by atoms with Crippen molar-refractivity contribution in [3.8, 4) is 0 Å². The Bertz CT molecular complexity index is 472. The summed E-state index contributed by atoms with van der Waals surface area (Å²) in [5, 5.41) is 12.0. The monoisotopic (exact) mass is 275 g/mol. The van der Waals surface area contributed by atoms with Crippen LogP contribution >= 0.6 is 0 Å². The van der Waals surface area contributed by atoms with Crippen LogP contribution < -0.4 is 5.32 Å². The third-order valence-corrected chi connectivity index (χ3v) is 4.47. The highest BCUT2D eigenvalue weighted by molar-refractivity contribution is 5.88. The van der Waals surface area contributed by atoms with Gasteiger partial charge in [0.05, 0.1) is 5.41 Å². The van der Waals surface area contributed by atoms with Crippen LogP contribution in [0.25, 0.3) is 0 Å². The maximum atomic E-state index is 12.6. The fourth-order valence-electron chi connectivity index (χ4n) is 3.06. The van der Waals surface area contributed by atoms with Gasteiger partial charge in [-0.1, -0.05) is 31.2 Å². The van der Waals surface area contributed by atoms with Crippen molar-refractivity contribution in [1.82, 2.24) is 5.32 Å². The van der Waals surface area contributed by atoms with E-state index in [0.29, 0.717) is 12.5 Å². The smallest absolute Gasteiger partial charge is 0.230 e. The van der Waals surface area contributed by atoms with Gasteiger partial charge in [-0.25, -0.2) is 0 Å². The number of nitrogens with one attached hydrogen (secondary N) is 1. The number of carbonyl (C=O) groups is 1. The molecule has 110 valence electrons. The standard InChI is InChI=1S/C17H25NO2/c1-13(9-11-19)12-18-16(20)17(2)10-5-7-14-6-3-4-8-15(14)17/h3-4,6,8,13,19H,5,7,9-12H2,1-2H3,(H,18,20). The van der Waals surface area contributed by atoms with E-state index in [-0.39, 0.29) is 12.5 Å². The lowest BCUT2D eigenvalue weighted by Crippen LogP contribution is -2.45. The van der Waals surface area contributed by atoms with Crippen LogP contribution in [-0.4, -0.2) is 24.2 Å². The van der Waals surface area contributed by atoms with Crippen LogP contribution in [0, 0.1) is 5.92 Å². The number of aryl methyl sites for hydroxylation is 1. The predicted molar refractivity (Wildman–Crippen MR) is 80.6 cm³/mol. The van der Waals surface area contributed by atoms with E-state index in [2.05, 4.69) is 24.4 Å². The van der Waals surface area contributed by atoms with Gasteiger partial charge in [-0.15, -0.1) is 0 Å². The lowest BCUT2D eigenvalue weighted by atomic mass is 9.70. The van der Waals surface area contributed by atoms with Gasteiger partial charge in [0.1, 0.15) is 0 Å². The van der Waals surface area contributed by atoms with Crippen molar-refractivity contribution >= 4 is 5.91 Å². The van der Waals surface area contributed by atoms with Gasteiger partial charge >= 0.3 is 0 Å². The first-order valence-electron chi connectivity index (χ1n) is 7.55. The van der Waals surface area contributed by atoms with Crippen molar-refractivity contribution in [2.75, 3.05) is 13.2 Å². The summed E-state index contributed by atoms with van der Waals surface area (Å²) < 4.78 is 0. The highest BCUT2D eigenvalue weighted by atomic mass is 16.3. The van der Waals surface area contributed by atoms with Crippen molar-refractivity contribution in [2.24, 2.45) is 5.92 Å². The van der Waals surface area contributed by atoms with Crippen molar-refractivity contribution in [3.05, 3.63) is 35.4 Å². The number of hydrogen-bond acceptors (Lipinski definition) is 2. The molecular formula is C17H25NO2. The molecule has 0 aromatic heterocycles. The highest BCUT2D eigenvalue weighted by Crippen LogP contribution is 2.37. The molecule has 1 aromatic rings. The molecule has 3 nitrogen and oxygen atoms in total. The topological polar surface area (TPSA) is 49.3 Å². The van der Waals surface area contributed by atoms with E-state index in [4.69, 9.17) is 5.11 Å². The molecule has 1 aromatic carbocycles. The van der Waals surface area contributed by atoms with E-state index < -0.39 is 5.41 Å². The summed E-state index contributed by atoms with van der Waals surface area (Å²) >= 11 is 0. The first-order chi connectivity index (χ1) is 9.58. The molecule has 20 heavy (non-hydrogen) atoms. The molecule has 0 saturated heterocycles. The van der Waals surface area contributed by atoms with E-state index >= 15 is 0 Å². The number of aliphatic hydroxyl groups excluding tert-OH is 1. The summed E-state index contributed by atoms with van der Waals surface area (Å²) in [5.74, 6) is 0.431. The van der Waals surface area contributed by atoms with Crippen molar-refractivity contribution in [1.29, 1.82) is 0 Å². The third kappa shape index (κ3) is 3.04. The molecule has 0 saturated carbocycles. The zero-order chi connectivity index (χ0) is 14.6. The van der Waals surface area contributed by atoms with Crippen LogP contribution in [0.5, 0.6) is 0 Å². The molecule has 2 rings (SSSR count). The summed E-state index contributed by atoms with van der Waals surface area (Å²) in [6, 6.07) is 8.29. The van der Waals surface area contributed by atoms with Gasteiger partial charge in [-0.3, -0.25) is 4.79 Å². The van der Waals surface area contributed by atoms with Gasteiger partial charge in [0.15, 0.2) is 0 Å². The second kappa shape index (κ2) is 6.40.